The zero-order chi connectivity index (χ0) is 15.2. The van der Waals surface area contributed by atoms with Crippen LogP contribution in [0.5, 0.6) is 0 Å². The first-order chi connectivity index (χ1) is 9.91. The minimum Gasteiger partial charge on any atom is -0.477 e. The highest BCUT2D eigenvalue weighted by Crippen LogP contribution is 2.44. The first-order valence-electron chi connectivity index (χ1n) is 6.85. The number of aryl methyl sites for hydroxylation is 1. The van der Waals surface area contributed by atoms with E-state index < -0.39 is 15.8 Å². The van der Waals surface area contributed by atoms with Crippen LogP contribution in [0.15, 0.2) is 6.07 Å². The molecule has 6 nitrogen and oxygen atoms in total. The summed E-state index contributed by atoms with van der Waals surface area (Å²) >= 11 is 1.16. The Kier molecular flexibility index (Phi) is 3.53. The van der Waals surface area contributed by atoms with Gasteiger partial charge < -0.3 is 5.11 Å². The summed E-state index contributed by atoms with van der Waals surface area (Å²) in [6, 6.07) is 1.66. The molecular formula is C13H16N2O4S2. The highest BCUT2D eigenvalue weighted by Gasteiger charge is 2.30. The lowest BCUT2D eigenvalue weighted by molar-refractivity contribution is 0.0702. The van der Waals surface area contributed by atoms with E-state index in [1.165, 1.54) is 0 Å². The molecule has 1 aliphatic carbocycles. The molecule has 1 fully saturated rings. The summed E-state index contributed by atoms with van der Waals surface area (Å²) in [5.74, 6) is -0.416. The Balaban J connectivity index is 1.99. The fourth-order valence-corrected chi connectivity index (χ4v) is 3.99. The Morgan fingerprint density at radius 1 is 1.52 bits per heavy atom. The zero-order valence-corrected chi connectivity index (χ0v) is 13.2. The number of rotatable bonds is 6. The molecule has 0 aromatic carbocycles. The van der Waals surface area contributed by atoms with Crippen LogP contribution in [-0.2, 0) is 16.4 Å². The van der Waals surface area contributed by atoms with E-state index in [-0.39, 0.29) is 22.9 Å². The lowest BCUT2D eigenvalue weighted by atomic mass is 10.2. The second-order valence-corrected chi connectivity index (χ2v) is 8.76. The van der Waals surface area contributed by atoms with Gasteiger partial charge in [0.1, 0.15) is 9.71 Å². The maximum absolute atomic E-state index is 11.6. The van der Waals surface area contributed by atoms with Gasteiger partial charge in [-0.05, 0) is 18.9 Å². The summed E-state index contributed by atoms with van der Waals surface area (Å²) in [5.41, 5.74) is 0.919. The Hall–Kier alpha value is -1.41. The minimum atomic E-state index is -3.06. The van der Waals surface area contributed by atoms with E-state index in [0.29, 0.717) is 5.92 Å². The zero-order valence-electron chi connectivity index (χ0n) is 11.6. The predicted octanol–water partition coefficient (Wildman–Crippen LogP) is 2.11. The smallest absolute Gasteiger partial charge is 0.345 e. The van der Waals surface area contributed by atoms with Crippen molar-refractivity contribution in [2.24, 2.45) is 0 Å². The minimum absolute atomic E-state index is 0.0324. The first kappa shape index (κ1) is 14.5. The Bertz CT molecular complexity index is 800. The molecule has 0 bridgehead atoms. The van der Waals surface area contributed by atoms with E-state index in [2.05, 4.69) is 5.10 Å². The van der Waals surface area contributed by atoms with E-state index in [1.54, 1.807) is 17.7 Å². The average molecular weight is 328 g/mol. The van der Waals surface area contributed by atoms with Crippen molar-refractivity contribution >= 4 is 37.4 Å². The van der Waals surface area contributed by atoms with Gasteiger partial charge >= 0.3 is 5.97 Å². The van der Waals surface area contributed by atoms with Gasteiger partial charge in [0, 0.05) is 17.1 Å². The van der Waals surface area contributed by atoms with Crippen molar-refractivity contribution in [3.8, 4) is 0 Å². The second-order valence-electron chi connectivity index (χ2n) is 5.25. The molecule has 8 heteroatoms. The quantitative estimate of drug-likeness (QED) is 0.877. The molecule has 0 unspecified atom stereocenters. The normalized spacial score (nSPS) is 15.7. The molecule has 0 amide bonds. The maximum Gasteiger partial charge on any atom is 0.345 e. The molecule has 1 aliphatic rings. The number of nitrogens with zero attached hydrogens (tertiary/aromatic N) is 2. The number of fused-ring (bicyclic) bond motifs is 1. The van der Waals surface area contributed by atoms with Crippen molar-refractivity contribution in [3.63, 3.8) is 0 Å². The van der Waals surface area contributed by atoms with Crippen LogP contribution in [0.2, 0.25) is 0 Å². The number of carbonyl (C=O) groups is 1. The van der Waals surface area contributed by atoms with E-state index >= 15 is 0 Å². The third-order valence-corrected chi connectivity index (χ3v) is 6.50. The monoisotopic (exact) mass is 328 g/mol. The number of aromatic carboxylic acids is 1. The first-order valence-corrected chi connectivity index (χ1v) is 9.49. The largest absolute Gasteiger partial charge is 0.477 e. The maximum atomic E-state index is 11.6. The van der Waals surface area contributed by atoms with Crippen LogP contribution in [0.4, 0.5) is 0 Å². The molecular weight excluding hydrogens is 312 g/mol. The fourth-order valence-electron chi connectivity index (χ4n) is 2.27. The van der Waals surface area contributed by atoms with Crippen LogP contribution in [0.1, 0.15) is 41.0 Å². The molecule has 2 aromatic heterocycles. The number of hydrogen-bond acceptors (Lipinski definition) is 5. The highest BCUT2D eigenvalue weighted by molar-refractivity contribution is 7.91. The lowest BCUT2D eigenvalue weighted by Gasteiger charge is -2.02. The molecule has 2 aromatic rings. The lowest BCUT2D eigenvalue weighted by Crippen LogP contribution is -2.15. The molecule has 1 N–H and O–H groups in total. The molecule has 3 rings (SSSR count). The van der Waals surface area contributed by atoms with Crippen molar-refractivity contribution < 1.29 is 18.3 Å². The van der Waals surface area contributed by atoms with Gasteiger partial charge in [-0.1, -0.05) is 6.92 Å². The number of thiophene rings is 1. The van der Waals surface area contributed by atoms with Crippen LogP contribution >= 0.6 is 11.3 Å². The van der Waals surface area contributed by atoms with Gasteiger partial charge in [0.15, 0.2) is 9.84 Å². The molecule has 0 spiro atoms. The van der Waals surface area contributed by atoms with Gasteiger partial charge in [-0.25, -0.2) is 13.2 Å². The van der Waals surface area contributed by atoms with E-state index in [9.17, 15) is 13.2 Å². The summed E-state index contributed by atoms with van der Waals surface area (Å²) in [6.07, 6.45) is 2.13. The topological polar surface area (TPSA) is 89.3 Å². The third-order valence-electron chi connectivity index (χ3n) is 3.68. The molecule has 0 radical (unpaired) electrons. The van der Waals surface area contributed by atoms with Gasteiger partial charge in [-0.3, -0.25) is 4.68 Å². The summed E-state index contributed by atoms with van der Waals surface area (Å²) in [4.78, 5) is 12.2. The van der Waals surface area contributed by atoms with Crippen molar-refractivity contribution in [1.82, 2.24) is 9.78 Å². The molecule has 1 saturated carbocycles. The predicted molar refractivity (Wildman–Crippen MR) is 80.9 cm³/mol. The summed E-state index contributed by atoms with van der Waals surface area (Å²) in [6.45, 7) is 1.90. The number of carboxylic acid groups (broad SMARTS) is 1. The van der Waals surface area contributed by atoms with E-state index in [0.717, 1.165) is 40.1 Å². The standard InChI is InChI=1S/C13H16N2O4S2/c1-2-21(18,19)6-5-15-12-9(7-10(20-12)13(16)17)11(14-15)8-3-4-8/h7-8H,2-6H2,1H3,(H,16,17). The van der Waals surface area contributed by atoms with Gasteiger partial charge in [-0.15, -0.1) is 11.3 Å². The molecule has 0 atom stereocenters. The summed E-state index contributed by atoms with van der Waals surface area (Å²) < 4.78 is 24.9. The average Bonchev–Trinajstić information content (AvgIpc) is 3.07. The SMILES string of the molecule is CCS(=O)(=O)CCn1nc(C2CC2)c2cc(C(=O)O)sc21. The van der Waals surface area contributed by atoms with E-state index in [4.69, 9.17) is 5.11 Å². The van der Waals surface area contributed by atoms with Crippen LogP contribution in [0.3, 0.4) is 0 Å². The second kappa shape index (κ2) is 5.10. The number of sulfone groups is 1. The van der Waals surface area contributed by atoms with Crippen molar-refractivity contribution in [3.05, 3.63) is 16.6 Å². The van der Waals surface area contributed by atoms with Crippen LogP contribution in [0.25, 0.3) is 10.2 Å². The highest BCUT2D eigenvalue weighted by atomic mass is 32.2. The van der Waals surface area contributed by atoms with E-state index in [1.807, 2.05) is 0 Å². The van der Waals surface area contributed by atoms with Crippen LogP contribution in [-0.4, -0.2) is 40.8 Å². The third kappa shape index (κ3) is 2.82. The molecule has 2 heterocycles. The molecule has 114 valence electrons. The summed E-state index contributed by atoms with van der Waals surface area (Å²) in [7, 11) is -3.06. The number of hydrogen-bond donors (Lipinski definition) is 1. The van der Waals surface area contributed by atoms with Crippen molar-refractivity contribution in [2.45, 2.75) is 32.2 Å². The van der Waals surface area contributed by atoms with Crippen molar-refractivity contribution in [1.29, 1.82) is 0 Å². The fraction of sp³-hybridized carbons (Fsp3) is 0.538. The van der Waals surface area contributed by atoms with Gasteiger partial charge in [-0.2, -0.15) is 5.10 Å². The van der Waals surface area contributed by atoms with Crippen molar-refractivity contribution in [2.75, 3.05) is 11.5 Å². The number of carboxylic acids is 1. The Morgan fingerprint density at radius 2 is 2.24 bits per heavy atom. The van der Waals surface area contributed by atoms with Gasteiger partial charge in [0.05, 0.1) is 18.0 Å². The molecule has 0 saturated heterocycles. The molecule has 0 aliphatic heterocycles. The van der Waals surface area contributed by atoms with Crippen LogP contribution < -0.4 is 0 Å². The van der Waals surface area contributed by atoms with Gasteiger partial charge in [0.25, 0.3) is 0 Å². The Morgan fingerprint density at radius 3 is 2.81 bits per heavy atom. The number of aromatic nitrogens is 2. The molecule has 21 heavy (non-hydrogen) atoms. The van der Waals surface area contributed by atoms with Crippen LogP contribution in [0, 0.1) is 0 Å². The van der Waals surface area contributed by atoms with Gasteiger partial charge in [0.2, 0.25) is 0 Å². The summed E-state index contributed by atoms with van der Waals surface area (Å²) in [5, 5.41) is 14.5. The Labute approximate surface area is 126 Å².